The number of ketones is 1. The number of Topliss-reactive ketones (excluding diaryl/α,β-unsaturated/α-hetero) is 1. The lowest BCUT2D eigenvalue weighted by Crippen LogP contribution is -2.20. The molecule has 0 radical (unpaired) electrons. The molecular weight excluding hydrogens is 268 g/mol. The van der Waals surface area contributed by atoms with Crippen molar-refractivity contribution < 1.29 is 14.7 Å². The highest BCUT2D eigenvalue weighted by molar-refractivity contribution is 5.98. The molecule has 0 fully saturated rings. The number of aryl methyl sites for hydroxylation is 1. The van der Waals surface area contributed by atoms with E-state index in [1.165, 1.54) is 0 Å². The first-order valence-corrected chi connectivity index (χ1v) is 7.30. The summed E-state index contributed by atoms with van der Waals surface area (Å²) in [6.07, 6.45) is 1.58. The fourth-order valence-corrected chi connectivity index (χ4v) is 2.59. The standard InChI is InChI=1S/C16H20N2O3/c1-4-12(16(20)21)18-13-8-7-10(14(19)5-2)9-11(13)17-15(18)6-3/h7-9,12H,4-6H2,1-3H3,(H,20,21). The summed E-state index contributed by atoms with van der Waals surface area (Å²) in [5.41, 5.74) is 2.08. The van der Waals surface area contributed by atoms with Gasteiger partial charge >= 0.3 is 5.97 Å². The van der Waals surface area contributed by atoms with E-state index in [1.54, 1.807) is 22.8 Å². The molecule has 5 heteroatoms. The van der Waals surface area contributed by atoms with E-state index < -0.39 is 12.0 Å². The molecule has 112 valence electrons. The summed E-state index contributed by atoms with van der Waals surface area (Å²) < 4.78 is 1.78. The molecular formula is C16H20N2O3. The number of nitrogens with zero attached hydrogens (tertiary/aromatic N) is 2. The van der Waals surface area contributed by atoms with E-state index in [0.29, 0.717) is 30.3 Å². The number of hydrogen-bond acceptors (Lipinski definition) is 3. The Balaban J connectivity index is 2.65. The second kappa shape index (κ2) is 6.08. The average Bonchev–Trinajstić information content (AvgIpc) is 2.84. The van der Waals surface area contributed by atoms with Crippen LogP contribution in [0.3, 0.4) is 0 Å². The van der Waals surface area contributed by atoms with Crippen molar-refractivity contribution in [1.29, 1.82) is 0 Å². The Morgan fingerprint density at radius 2 is 2.00 bits per heavy atom. The lowest BCUT2D eigenvalue weighted by molar-refractivity contribution is -0.140. The van der Waals surface area contributed by atoms with Crippen LogP contribution in [0.25, 0.3) is 11.0 Å². The molecule has 1 heterocycles. The average molecular weight is 288 g/mol. The minimum Gasteiger partial charge on any atom is -0.480 e. The summed E-state index contributed by atoms with van der Waals surface area (Å²) in [6.45, 7) is 5.61. The van der Waals surface area contributed by atoms with Crippen LogP contribution in [0, 0.1) is 0 Å². The van der Waals surface area contributed by atoms with Crippen molar-refractivity contribution in [2.45, 2.75) is 46.1 Å². The Bertz CT molecular complexity index is 688. The van der Waals surface area contributed by atoms with Crippen LogP contribution in [0.15, 0.2) is 18.2 Å². The highest BCUT2D eigenvalue weighted by atomic mass is 16.4. The zero-order valence-corrected chi connectivity index (χ0v) is 12.6. The SMILES string of the molecule is CCC(=O)c1ccc2c(c1)nc(CC)n2C(CC)C(=O)O. The van der Waals surface area contributed by atoms with Crippen molar-refractivity contribution in [3.63, 3.8) is 0 Å². The first kappa shape index (κ1) is 15.2. The first-order chi connectivity index (χ1) is 10.0. The van der Waals surface area contributed by atoms with Crippen LogP contribution in [0.5, 0.6) is 0 Å². The van der Waals surface area contributed by atoms with E-state index >= 15 is 0 Å². The quantitative estimate of drug-likeness (QED) is 0.828. The number of carbonyl (C=O) groups excluding carboxylic acids is 1. The van der Waals surface area contributed by atoms with Gasteiger partial charge in [-0.1, -0.05) is 20.8 Å². The number of carbonyl (C=O) groups is 2. The van der Waals surface area contributed by atoms with Gasteiger partial charge in [-0.3, -0.25) is 4.79 Å². The van der Waals surface area contributed by atoms with E-state index in [4.69, 9.17) is 0 Å². The van der Waals surface area contributed by atoms with E-state index in [-0.39, 0.29) is 5.78 Å². The molecule has 0 aliphatic rings. The van der Waals surface area contributed by atoms with Crippen LogP contribution in [0.1, 0.15) is 55.8 Å². The minimum atomic E-state index is -0.861. The zero-order valence-electron chi connectivity index (χ0n) is 12.6. The molecule has 0 aliphatic heterocycles. The molecule has 5 nitrogen and oxygen atoms in total. The molecule has 2 aromatic rings. The number of hydrogen-bond donors (Lipinski definition) is 1. The number of rotatable bonds is 6. The number of carboxylic acid groups (broad SMARTS) is 1. The van der Waals surface area contributed by atoms with Crippen molar-refractivity contribution in [2.24, 2.45) is 0 Å². The van der Waals surface area contributed by atoms with Gasteiger partial charge in [0.2, 0.25) is 0 Å². The topological polar surface area (TPSA) is 72.2 Å². The Labute approximate surface area is 123 Å². The molecule has 1 unspecified atom stereocenters. The molecule has 1 aromatic heterocycles. The maximum Gasteiger partial charge on any atom is 0.326 e. The van der Waals surface area contributed by atoms with Gasteiger partial charge in [-0.2, -0.15) is 0 Å². The van der Waals surface area contributed by atoms with Crippen molar-refractivity contribution in [1.82, 2.24) is 9.55 Å². The summed E-state index contributed by atoms with van der Waals surface area (Å²) in [4.78, 5) is 27.8. The molecule has 1 aromatic carbocycles. The van der Waals surface area contributed by atoms with Gasteiger partial charge in [0.25, 0.3) is 0 Å². The fraction of sp³-hybridized carbons (Fsp3) is 0.438. The van der Waals surface area contributed by atoms with Crippen molar-refractivity contribution >= 4 is 22.8 Å². The van der Waals surface area contributed by atoms with Gasteiger partial charge in [-0.05, 0) is 24.6 Å². The number of fused-ring (bicyclic) bond motifs is 1. The second-order valence-electron chi connectivity index (χ2n) is 4.99. The number of aromatic nitrogens is 2. The van der Waals surface area contributed by atoms with E-state index in [2.05, 4.69) is 4.98 Å². The largest absolute Gasteiger partial charge is 0.480 e. The third kappa shape index (κ3) is 2.68. The molecule has 21 heavy (non-hydrogen) atoms. The van der Waals surface area contributed by atoms with Crippen LogP contribution in [-0.4, -0.2) is 26.4 Å². The summed E-state index contributed by atoms with van der Waals surface area (Å²) in [7, 11) is 0. The van der Waals surface area contributed by atoms with Crippen LogP contribution in [0.4, 0.5) is 0 Å². The maximum atomic E-state index is 11.8. The molecule has 1 atom stereocenters. The molecule has 1 N–H and O–H groups in total. The van der Waals surface area contributed by atoms with Crippen LogP contribution in [0.2, 0.25) is 0 Å². The molecule has 0 saturated carbocycles. The van der Waals surface area contributed by atoms with Crippen molar-refractivity contribution in [2.75, 3.05) is 0 Å². The van der Waals surface area contributed by atoms with Gasteiger partial charge in [-0.25, -0.2) is 9.78 Å². The summed E-state index contributed by atoms with van der Waals surface area (Å²) in [5.74, 6) is -0.0599. The Morgan fingerprint density at radius 1 is 1.29 bits per heavy atom. The van der Waals surface area contributed by atoms with Crippen LogP contribution < -0.4 is 0 Å². The monoisotopic (exact) mass is 288 g/mol. The van der Waals surface area contributed by atoms with Gasteiger partial charge in [0, 0.05) is 18.4 Å². The highest BCUT2D eigenvalue weighted by Gasteiger charge is 2.23. The van der Waals surface area contributed by atoms with Crippen LogP contribution in [-0.2, 0) is 11.2 Å². The smallest absolute Gasteiger partial charge is 0.326 e. The van der Waals surface area contributed by atoms with Gasteiger partial charge in [0.15, 0.2) is 5.78 Å². The predicted octanol–water partition coefficient (Wildman–Crippen LogP) is 3.23. The van der Waals surface area contributed by atoms with E-state index in [9.17, 15) is 14.7 Å². The van der Waals surface area contributed by atoms with Gasteiger partial charge in [-0.15, -0.1) is 0 Å². The third-order valence-corrected chi connectivity index (χ3v) is 3.71. The molecule has 0 amide bonds. The lowest BCUT2D eigenvalue weighted by Gasteiger charge is -2.15. The predicted molar refractivity (Wildman–Crippen MR) is 80.7 cm³/mol. The van der Waals surface area contributed by atoms with Crippen molar-refractivity contribution in [3.8, 4) is 0 Å². The second-order valence-corrected chi connectivity index (χ2v) is 4.99. The Morgan fingerprint density at radius 3 is 2.52 bits per heavy atom. The molecule has 0 spiro atoms. The van der Waals surface area contributed by atoms with Gasteiger partial charge in [0.05, 0.1) is 11.0 Å². The first-order valence-electron chi connectivity index (χ1n) is 7.30. The normalized spacial score (nSPS) is 12.5. The Kier molecular flexibility index (Phi) is 4.40. The minimum absolute atomic E-state index is 0.0646. The van der Waals surface area contributed by atoms with E-state index in [0.717, 1.165) is 11.3 Å². The number of aliphatic carboxylic acids is 1. The van der Waals surface area contributed by atoms with Gasteiger partial charge < -0.3 is 9.67 Å². The van der Waals surface area contributed by atoms with E-state index in [1.807, 2.05) is 20.8 Å². The number of imidazole rings is 1. The highest BCUT2D eigenvalue weighted by Crippen LogP contribution is 2.25. The van der Waals surface area contributed by atoms with Gasteiger partial charge in [0.1, 0.15) is 11.9 Å². The summed E-state index contributed by atoms with van der Waals surface area (Å²) >= 11 is 0. The third-order valence-electron chi connectivity index (χ3n) is 3.71. The molecule has 0 bridgehead atoms. The Hall–Kier alpha value is -2.17. The van der Waals surface area contributed by atoms with Crippen molar-refractivity contribution in [3.05, 3.63) is 29.6 Å². The summed E-state index contributed by atoms with van der Waals surface area (Å²) in [5, 5.41) is 9.40. The molecule has 2 rings (SSSR count). The van der Waals surface area contributed by atoms with Crippen LogP contribution >= 0.6 is 0 Å². The fourth-order valence-electron chi connectivity index (χ4n) is 2.59. The summed E-state index contributed by atoms with van der Waals surface area (Å²) in [6, 6.07) is 4.68. The maximum absolute atomic E-state index is 11.8. The zero-order chi connectivity index (χ0) is 15.6. The number of carboxylic acids is 1. The lowest BCUT2D eigenvalue weighted by atomic mass is 10.1. The molecule has 0 saturated heterocycles. The number of benzene rings is 1. The molecule has 0 aliphatic carbocycles.